The highest BCUT2D eigenvalue weighted by Crippen LogP contribution is 2.28. The molecule has 0 amide bonds. The van der Waals surface area contributed by atoms with Gasteiger partial charge in [-0.15, -0.1) is 0 Å². The molecule has 0 bridgehead atoms. The summed E-state index contributed by atoms with van der Waals surface area (Å²) in [6.45, 7) is 3.14. The summed E-state index contributed by atoms with van der Waals surface area (Å²) in [6.07, 6.45) is 7.25. The third kappa shape index (κ3) is 5.67. The lowest BCUT2D eigenvalue weighted by atomic mass is 9.97. The SMILES string of the molecule is c1ccc(C2OCCCO2)c(CCCCCc2ccccc2C2OCCCO2)c1. The second-order valence-corrected chi connectivity index (χ2v) is 7.81. The Bertz CT molecular complexity index is 684. The molecule has 0 aromatic heterocycles. The van der Waals surface area contributed by atoms with Crippen LogP contribution in [0.2, 0.25) is 0 Å². The minimum absolute atomic E-state index is 0.192. The van der Waals surface area contributed by atoms with Crippen LogP contribution in [0.3, 0.4) is 0 Å². The van der Waals surface area contributed by atoms with Crippen LogP contribution in [-0.4, -0.2) is 26.4 Å². The second-order valence-electron chi connectivity index (χ2n) is 7.81. The molecule has 29 heavy (non-hydrogen) atoms. The van der Waals surface area contributed by atoms with E-state index >= 15 is 0 Å². The van der Waals surface area contributed by atoms with Gasteiger partial charge in [0, 0.05) is 11.1 Å². The van der Waals surface area contributed by atoms with Crippen LogP contribution in [0, 0.1) is 0 Å². The number of rotatable bonds is 8. The molecule has 2 aromatic carbocycles. The molecule has 156 valence electrons. The molecule has 4 rings (SSSR count). The summed E-state index contributed by atoms with van der Waals surface area (Å²) >= 11 is 0. The monoisotopic (exact) mass is 396 g/mol. The zero-order valence-electron chi connectivity index (χ0n) is 17.2. The molecular formula is C25H32O4. The molecule has 0 radical (unpaired) electrons. The maximum absolute atomic E-state index is 5.81. The van der Waals surface area contributed by atoms with Gasteiger partial charge < -0.3 is 18.9 Å². The lowest BCUT2D eigenvalue weighted by molar-refractivity contribution is -0.183. The van der Waals surface area contributed by atoms with Gasteiger partial charge in [-0.3, -0.25) is 0 Å². The van der Waals surface area contributed by atoms with E-state index in [1.165, 1.54) is 41.5 Å². The predicted molar refractivity (Wildman–Crippen MR) is 113 cm³/mol. The highest BCUT2D eigenvalue weighted by atomic mass is 16.7. The van der Waals surface area contributed by atoms with Gasteiger partial charge in [0.05, 0.1) is 26.4 Å². The molecule has 2 saturated heterocycles. The van der Waals surface area contributed by atoms with E-state index in [1.54, 1.807) is 0 Å². The molecule has 0 saturated carbocycles. The van der Waals surface area contributed by atoms with E-state index in [9.17, 15) is 0 Å². The summed E-state index contributed by atoms with van der Waals surface area (Å²) in [4.78, 5) is 0. The smallest absolute Gasteiger partial charge is 0.184 e. The lowest BCUT2D eigenvalue weighted by Crippen LogP contribution is -2.19. The van der Waals surface area contributed by atoms with Gasteiger partial charge in [-0.1, -0.05) is 55.0 Å². The van der Waals surface area contributed by atoms with E-state index in [-0.39, 0.29) is 12.6 Å². The average molecular weight is 397 g/mol. The zero-order chi connectivity index (χ0) is 19.7. The minimum atomic E-state index is -0.192. The average Bonchev–Trinajstić information content (AvgIpc) is 2.80. The molecular weight excluding hydrogens is 364 g/mol. The summed E-state index contributed by atoms with van der Waals surface area (Å²) in [7, 11) is 0. The third-order valence-corrected chi connectivity index (χ3v) is 5.66. The van der Waals surface area contributed by atoms with Crippen molar-refractivity contribution in [2.45, 2.75) is 57.5 Å². The molecule has 4 nitrogen and oxygen atoms in total. The van der Waals surface area contributed by atoms with Crippen molar-refractivity contribution in [2.75, 3.05) is 26.4 Å². The molecule has 2 heterocycles. The Labute approximate surface area is 174 Å². The van der Waals surface area contributed by atoms with Crippen LogP contribution in [-0.2, 0) is 31.8 Å². The number of hydrogen-bond acceptors (Lipinski definition) is 4. The maximum atomic E-state index is 5.81. The van der Waals surface area contributed by atoms with Gasteiger partial charge in [-0.05, 0) is 49.7 Å². The number of ether oxygens (including phenoxy) is 4. The van der Waals surface area contributed by atoms with Gasteiger partial charge in [0.2, 0.25) is 0 Å². The van der Waals surface area contributed by atoms with E-state index < -0.39 is 0 Å². The van der Waals surface area contributed by atoms with Gasteiger partial charge in [-0.25, -0.2) is 0 Å². The maximum Gasteiger partial charge on any atom is 0.184 e. The molecule has 0 unspecified atom stereocenters. The van der Waals surface area contributed by atoms with Crippen molar-refractivity contribution in [1.82, 2.24) is 0 Å². The van der Waals surface area contributed by atoms with Crippen molar-refractivity contribution < 1.29 is 18.9 Å². The number of aryl methyl sites for hydroxylation is 2. The highest BCUT2D eigenvalue weighted by molar-refractivity contribution is 5.29. The molecule has 2 aliphatic rings. The van der Waals surface area contributed by atoms with Gasteiger partial charge in [-0.2, -0.15) is 0 Å². The van der Waals surface area contributed by atoms with Crippen molar-refractivity contribution >= 4 is 0 Å². The normalized spacial score (nSPS) is 18.8. The molecule has 0 atom stereocenters. The second kappa shape index (κ2) is 10.9. The topological polar surface area (TPSA) is 36.9 Å². The predicted octanol–water partition coefficient (Wildman–Crippen LogP) is 5.51. The van der Waals surface area contributed by atoms with Crippen LogP contribution >= 0.6 is 0 Å². The zero-order valence-corrected chi connectivity index (χ0v) is 17.2. The molecule has 2 aromatic rings. The Morgan fingerprint density at radius 2 is 0.966 bits per heavy atom. The van der Waals surface area contributed by atoms with Crippen molar-refractivity contribution in [3.05, 3.63) is 70.8 Å². The van der Waals surface area contributed by atoms with Gasteiger partial charge in [0.15, 0.2) is 12.6 Å². The van der Waals surface area contributed by atoms with Crippen LogP contribution in [0.1, 0.15) is 66.9 Å². The van der Waals surface area contributed by atoms with Gasteiger partial charge in [0.25, 0.3) is 0 Å². The van der Waals surface area contributed by atoms with E-state index in [2.05, 4.69) is 48.5 Å². The van der Waals surface area contributed by atoms with Crippen molar-refractivity contribution in [1.29, 1.82) is 0 Å². The summed E-state index contributed by atoms with van der Waals surface area (Å²) < 4.78 is 23.3. The molecule has 0 spiro atoms. The molecule has 2 fully saturated rings. The standard InChI is InChI=1S/C25H32O4/c1(2-10-20-12-4-6-14-22(20)24-26-16-8-17-27-24)3-11-21-13-5-7-15-23(21)25-28-18-9-19-29-25/h4-7,12-15,24-25H,1-3,8-11,16-19H2. The first kappa shape index (κ1) is 20.5. The quantitative estimate of drug-likeness (QED) is 0.551. The van der Waals surface area contributed by atoms with E-state index in [1.807, 2.05) is 0 Å². The number of hydrogen-bond donors (Lipinski definition) is 0. The van der Waals surface area contributed by atoms with Crippen molar-refractivity contribution in [3.63, 3.8) is 0 Å². The summed E-state index contributed by atoms with van der Waals surface area (Å²) in [5.41, 5.74) is 5.10. The summed E-state index contributed by atoms with van der Waals surface area (Å²) in [5, 5.41) is 0. The third-order valence-electron chi connectivity index (χ3n) is 5.66. The van der Waals surface area contributed by atoms with Crippen LogP contribution in [0.15, 0.2) is 48.5 Å². The Kier molecular flexibility index (Phi) is 7.71. The molecule has 2 aliphatic heterocycles. The van der Waals surface area contributed by atoms with Crippen LogP contribution < -0.4 is 0 Å². The Morgan fingerprint density at radius 1 is 0.552 bits per heavy atom. The van der Waals surface area contributed by atoms with Gasteiger partial charge in [0.1, 0.15) is 0 Å². The highest BCUT2D eigenvalue weighted by Gasteiger charge is 2.20. The van der Waals surface area contributed by atoms with Crippen LogP contribution in [0.5, 0.6) is 0 Å². The largest absolute Gasteiger partial charge is 0.348 e. The fourth-order valence-electron chi connectivity index (χ4n) is 4.13. The molecule has 0 N–H and O–H groups in total. The molecule has 4 heteroatoms. The van der Waals surface area contributed by atoms with Crippen molar-refractivity contribution in [2.24, 2.45) is 0 Å². The van der Waals surface area contributed by atoms with Crippen molar-refractivity contribution in [3.8, 4) is 0 Å². The van der Waals surface area contributed by atoms with Crippen LogP contribution in [0.4, 0.5) is 0 Å². The number of unbranched alkanes of at least 4 members (excludes halogenated alkanes) is 2. The minimum Gasteiger partial charge on any atom is -0.348 e. The number of benzene rings is 2. The van der Waals surface area contributed by atoms with E-state index in [0.717, 1.165) is 52.1 Å². The Morgan fingerprint density at radius 3 is 1.41 bits per heavy atom. The lowest BCUT2D eigenvalue weighted by Gasteiger charge is -2.25. The van der Waals surface area contributed by atoms with Crippen LogP contribution in [0.25, 0.3) is 0 Å². The first-order chi connectivity index (χ1) is 14.4. The summed E-state index contributed by atoms with van der Waals surface area (Å²) in [6, 6.07) is 17.1. The summed E-state index contributed by atoms with van der Waals surface area (Å²) in [5.74, 6) is 0. The molecule has 0 aliphatic carbocycles. The van der Waals surface area contributed by atoms with E-state index in [4.69, 9.17) is 18.9 Å². The van der Waals surface area contributed by atoms with Gasteiger partial charge >= 0.3 is 0 Å². The first-order valence-corrected chi connectivity index (χ1v) is 11.0. The fourth-order valence-corrected chi connectivity index (χ4v) is 4.13. The Hall–Kier alpha value is -1.72. The first-order valence-electron chi connectivity index (χ1n) is 11.0. The fraction of sp³-hybridized carbons (Fsp3) is 0.520. The van der Waals surface area contributed by atoms with E-state index in [0.29, 0.717) is 0 Å². The Balaban J connectivity index is 1.27.